The van der Waals surface area contributed by atoms with Crippen molar-refractivity contribution in [3.8, 4) is 0 Å². The molecule has 1 atom stereocenters. The monoisotopic (exact) mass is 345 g/mol. The summed E-state index contributed by atoms with van der Waals surface area (Å²) in [7, 11) is -3.92. The summed E-state index contributed by atoms with van der Waals surface area (Å²) in [5.74, 6) is -1.26. The Morgan fingerprint density at radius 2 is 1.83 bits per heavy atom. The molecule has 6 heteroatoms. The van der Waals surface area contributed by atoms with E-state index in [0.717, 1.165) is 9.87 Å². The van der Waals surface area contributed by atoms with Crippen molar-refractivity contribution in [1.82, 2.24) is 4.31 Å². The lowest BCUT2D eigenvalue weighted by Crippen LogP contribution is -2.35. The molecule has 4 nitrogen and oxygen atoms in total. The molecule has 0 aliphatic carbocycles. The maximum absolute atomic E-state index is 13.3. The van der Waals surface area contributed by atoms with Crippen LogP contribution in [0.25, 0.3) is 0 Å². The van der Waals surface area contributed by atoms with Gasteiger partial charge >= 0.3 is 0 Å². The molecule has 3 rings (SSSR count). The quantitative estimate of drug-likeness (QED) is 0.857. The second-order valence-electron chi connectivity index (χ2n) is 5.71. The fourth-order valence-electron chi connectivity index (χ4n) is 2.62. The van der Waals surface area contributed by atoms with Crippen LogP contribution in [0.15, 0.2) is 65.7 Å². The van der Waals surface area contributed by atoms with E-state index in [9.17, 15) is 17.6 Å². The number of allylic oxidation sites excluding steroid dienone is 1. The SMILES string of the molecule is Cc1ccc(S(=O)(=O)N2C=CC(c3cccc(F)c3)CC2=O)cc1. The van der Waals surface area contributed by atoms with E-state index < -0.39 is 15.9 Å². The van der Waals surface area contributed by atoms with E-state index in [1.165, 1.54) is 30.5 Å². The van der Waals surface area contributed by atoms with E-state index in [1.807, 2.05) is 6.92 Å². The predicted molar refractivity (Wildman–Crippen MR) is 88.1 cm³/mol. The average Bonchev–Trinajstić information content (AvgIpc) is 2.55. The van der Waals surface area contributed by atoms with Crippen LogP contribution in [-0.4, -0.2) is 18.6 Å². The van der Waals surface area contributed by atoms with Crippen molar-refractivity contribution in [3.05, 3.63) is 77.8 Å². The topological polar surface area (TPSA) is 54.5 Å². The Bertz CT molecular complexity index is 904. The van der Waals surface area contributed by atoms with Gasteiger partial charge in [0.25, 0.3) is 10.0 Å². The molecule has 0 saturated carbocycles. The second kappa shape index (κ2) is 6.20. The van der Waals surface area contributed by atoms with Crippen LogP contribution in [0.4, 0.5) is 4.39 Å². The molecule has 2 aromatic rings. The standard InChI is InChI=1S/C18H16FNO3S/c1-13-5-7-17(8-6-13)24(22,23)20-10-9-15(12-18(20)21)14-3-2-4-16(19)11-14/h2-11,15H,12H2,1H3. The zero-order chi connectivity index (χ0) is 17.3. The minimum atomic E-state index is -3.92. The average molecular weight is 345 g/mol. The number of rotatable bonds is 3. The van der Waals surface area contributed by atoms with Gasteiger partial charge in [-0.05, 0) is 36.8 Å². The molecule has 24 heavy (non-hydrogen) atoms. The van der Waals surface area contributed by atoms with Crippen molar-refractivity contribution >= 4 is 15.9 Å². The number of carbonyl (C=O) groups excluding carboxylic acids is 1. The Morgan fingerprint density at radius 3 is 2.46 bits per heavy atom. The summed E-state index contributed by atoms with van der Waals surface area (Å²) in [4.78, 5) is 12.4. The summed E-state index contributed by atoms with van der Waals surface area (Å²) in [5, 5.41) is 0. The van der Waals surface area contributed by atoms with Crippen LogP contribution in [0.5, 0.6) is 0 Å². The molecule has 0 spiro atoms. The van der Waals surface area contributed by atoms with Gasteiger partial charge in [0.15, 0.2) is 0 Å². The van der Waals surface area contributed by atoms with E-state index in [2.05, 4.69) is 0 Å². The molecule has 0 fully saturated rings. The summed E-state index contributed by atoms with van der Waals surface area (Å²) in [6, 6.07) is 12.3. The van der Waals surface area contributed by atoms with Gasteiger partial charge in [-0.15, -0.1) is 0 Å². The van der Waals surface area contributed by atoms with Gasteiger partial charge in [-0.25, -0.2) is 17.1 Å². The zero-order valence-corrected chi connectivity index (χ0v) is 13.8. The van der Waals surface area contributed by atoms with Crippen LogP contribution in [0.1, 0.15) is 23.5 Å². The highest BCUT2D eigenvalue weighted by Gasteiger charge is 2.32. The van der Waals surface area contributed by atoms with Crippen molar-refractivity contribution in [2.75, 3.05) is 0 Å². The van der Waals surface area contributed by atoms with Crippen molar-refractivity contribution < 1.29 is 17.6 Å². The number of hydrogen-bond donors (Lipinski definition) is 0. The van der Waals surface area contributed by atoms with E-state index in [0.29, 0.717) is 5.56 Å². The Balaban J connectivity index is 1.90. The summed E-state index contributed by atoms with van der Waals surface area (Å²) in [5.41, 5.74) is 1.58. The number of benzene rings is 2. The van der Waals surface area contributed by atoms with Crippen LogP contribution in [0, 0.1) is 12.7 Å². The van der Waals surface area contributed by atoms with Gasteiger partial charge in [-0.3, -0.25) is 4.79 Å². The molecule has 1 amide bonds. The lowest BCUT2D eigenvalue weighted by Gasteiger charge is -2.25. The summed E-state index contributed by atoms with van der Waals surface area (Å²) < 4.78 is 39.3. The third kappa shape index (κ3) is 3.10. The maximum atomic E-state index is 13.3. The first-order valence-corrected chi connectivity index (χ1v) is 8.89. The molecular weight excluding hydrogens is 329 g/mol. The lowest BCUT2D eigenvalue weighted by atomic mass is 9.94. The molecule has 0 radical (unpaired) electrons. The first kappa shape index (κ1) is 16.4. The molecule has 1 aliphatic heterocycles. The van der Waals surface area contributed by atoms with Gasteiger partial charge in [-0.1, -0.05) is 35.9 Å². The smallest absolute Gasteiger partial charge is 0.270 e. The van der Waals surface area contributed by atoms with E-state index in [-0.39, 0.29) is 23.1 Å². The molecule has 1 heterocycles. The molecule has 0 N–H and O–H groups in total. The van der Waals surface area contributed by atoms with E-state index in [1.54, 1.807) is 30.3 Å². The van der Waals surface area contributed by atoms with Gasteiger partial charge in [0, 0.05) is 18.5 Å². The van der Waals surface area contributed by atoms with Crippen molar-refractivity contribution in [2.24, 2.45) is 0 Å². The Hall–Kier alpha value is -2.47. The lowest BCUT2D eigenvalue weighted by molar-refractivity contribution is -0.125. The minimum absolute atomic E-state index is 0.0228. The number of carbonyl (C=O) groups is 1. The number of amides is 1. The van der Waals surface area contributed by atoms with Gasteiger partial charge in [-0.2, -0.15) is 0 Å². The summed E-state index contributed by atoms with van der Waals surface area (Å²) in [6.45, 7) is 1.85. The Kier molecular flexibility index (Phi) is 4.24. The molecule has 1 unspecified atom stereocenters. The highest BCUT2D eigenvalue weighted by molar-refractivity contribution is 7.89. The molecule has 1 aliphatic rings. The number of nitrogens with zero attached hydrogens (tertiary/aromatic N) is 1. The number of sulfonamides is 1. The van der Waals surface area contributed by atoms with Crippen LogP contribution in [0.2, 0.25) is 0 Å². The predicted octanol–water partition coefficient (Wildman–Crippen LogP) is 3.35. The van der Waals surface area contributed by atoms with E-state index in [4.69, 9.17) is 0 Å². The van der Waals surface area contributed by atoms with E-state index >= 15 is 0 Å². The summed E-state index contributed by atoms with van der Waals surface area (Å²) in [6.07, 6.45) is 2.85. The fourth-order valence-corrected chi connectivity index (χ4v) is 3.90. The number of aryl methyl sites for hydroxylation is 1. The molecule has 124 valence electrons. The zero-order valence-electron chi connectivity index (χ0n) is 13.0. The van der Waals surface area contributed by atoms with Crippen molar-refractivity contribution in [2.45, 2.75) is 24.2 Å². The minimum Gasteiger partial charge on any atom is -0.273 e. The third-order valence-electron chi connectivity index (χ3n) is 3.95. The highest BCUT2D eigenvalue weighted by Crippen LogP contribution is 2.29. The van der Waals surface area contributed by atoms with Crippen LogP contribution < -0.4 is 0 Å². The summed E-state index contributed by atoms with van der Waals surface area (Å²) >= 11 is 0. The van der Waals surface area contributed by atoms with Crippen molar-refractivity contribution in [1.29, 1.82) is 0 Å². The first-order chi connectivity index (χ1) is 11.4. The Labute approximate surface area is 140 Å². The second-order valence-corrected chi connectivity index (χ2v) is 7.53. The largest absolute Gasteiger partial charge is 0.273 e. The van der Waals surface area contributed by atoms with Gasteiger partial charge in [0.2, 0.25) is 5.91 Å². The first-order valence-electron chi connectivity index (χ1n) is 7.45. The highest BCUT2D eigenvalue weighted by atomic mass is 32.2. The molecule has 0 bridgehead atoms. The fraction of sp³-hybridized carbons (Fsp3) is 0.167. The molecule has 0 aromatic heterocycles. The van der Waals surface area contributed by atoms with Crippen LogP contribution >= 0.6 is 0 Å². The van der Waals surface area contributed by atoms with Gasteiger partial charge in [0.05, 0.1) is 4.90 Å². The normalized spacial score (nSPS) is 18.0. The third-order valence-corrected chi connectivity index (χ3v) is 5.66. The number of halogens is 1. The number of hydrogen-bond acceptors (Lipinski definition) is 3. The van der Waals surface area contributed by atoms with Crippen LogP contribution in [-0.2, 0) is 14.8 Å². The van der Waals surface area contributed by atoms with Gasteiger partial charge < -0.3 is 0 Å². The molecule has 0 saturated heterocycles. The van der Waals surface area contributed by atoms with Crippen molar-refractivity contribution in [3.63, 3.8) is 0 Å². The molecule has 2 aromatic carbocycles. The van der Waals surface area contributed by atoms with Gasteiger partial charge in [0.1, 0.15) is 5.82 Å². The maximum Gasteiger partial charge on any atom is 0.270 e. The Morgan fingerprint density at radius 1 is 1.12 bits per heavy atom. The van der Waals surface area contributed by atoms with Crippen LogP contribution in [0.3, 0.4) is 0 Å². The molecular formula is C18H16FNO3S.